The van der Waals surface area contributed by atoms with Crippen LogP contribution in [-0.4, -0.2) is 5.91 Å². The fourth-order valence-corrected chi connectivity index (χ4v) is 5.59. The summed E-state index contributed by atoms with van der Waals surface area (Å²) in [5.74, 6) is 0.376. The van der Waals surface area contributed by atoms with Crippen LogP contribution in [0.2, 0.25) is 5.02 Å². The molecule has 152 valence electrons. The van der Waals surface area contributed by atoms with E-state index in [1.807, 2.05) is 26.0 Å². The maximum absolute atomic E-state index is 13.1. The van der Waals surface area contributed by atoms with Gasteiger partial charge in [-0.15, -0.1) is 11.8 Å². The van der Waals surface area contributed by atoms with Crippen LogP contribution in [0.4, 0.5) is 10.1 Å². The Hall–Kier alpha value is -1.69. The third-order valence-electron chi connectivity index (χ3n) is 4.76. The molecule has 1 aliphatic rings. The van der Waals surface area contributed by atoms with E-state index in [0.29, 0.717) is 10.7 Å². The van der Waals surface area contributed by atoms with E-state index in [0.717, 1.165) is 44.4 Å². The Morgan fingerprint density at radius 1 is 1.10 bits per heavy atom. The Morgan fingerprint density at radius 3 is 2.48 bits per heavy atom. The maximum Gasteiger partial charge on any atom is 0.262 e. The Labute approximate surface area is 185 Å². The van der Waals surface area contributed by atoms with Gasteiger partial charge in [-0.05, 0) is 62.9 Å². The minimum Gasteiger partial charge on any atom is -0.320 e. The third-order valence-corrected chi connectivity index (χ3v) is 8.03. The lowest BCUT2D eigenvalue weighted by Gasteiger charge is -2.14. The van der Waals surface area contributed by atoms with E-state index in [4.69, 9.17) is 11.6 Å². The lowest BCUT2D eigenvalue weighted by Crippen LogP contribution is -2.15. The van der Waals surface area contributed by atoms with Gasteiger partial charge in [0.1, 0.15) is 5.82 Å². The van der Waals surface area contributed by atoms with Crippen LogP contribution in [0, 0.1) is 12.7 Å². The molecular formula is C23H23ClFNOS2. The van der Waals surface area contributed by atoms with Crippen LogP contribution < -0.4 is 5.32 Å². The summed E-state index contributed by atoms with van der Waals surface area (Å²) in [7, 11) is 0. The molecule has 0 aromatic heterocycles. The van der Waals surface area contributed by atoms with Gasteiger partial charge in [-0.2, -0.15) is 0 Å². The third kappa shape index (κ3) is 5.68. The van der Waals surface area contributed by atoms with Gasteiger partial charge in [0.2, 0.25) is 0 Å². The quantitative estimate of drug-likeness (QED) is 0.509. The number of para-hydroxylation sites is 1. The summed E-state index contributed by atoms with van der Waals surface area (Å²) >= 11 is 9.50. The summed E-state index contributed by atoms with van der Waals surface area (Å²) in [5, 5.41) is 3.53. The highest BCUT2D eigenvalue weighted by atomic mass is 35.5. The fourth-order valence-electron chi connectivity index (χ4n) is 2.94. The van der Waals surface area contributed by atoms with Crippen molar-refractivity contribution in [1.29, 1.82) is 0 Å². The van der Waals surface area contributed by atoms with Gasteiger partial charge in [-0.25, -0.2) is 4.39 Å². The largest absolute Gasteiger partial charge is 0.320 e. The molecule has 0 radical (unpaired) electrons. The highest BCUT2D eigenvalue weighted by Gasteiger charge is 2.22. The van der Waals surface area contributed by atoms with Crippen LogP contribution in [0.5, 0.6) is 0 Å². The molecule has 2 nitrogen and oxygen atoms in total. The highest BCUT2D eigenvalue weighted by molar-refractivity contribution is 8.24. The van der Waals surface area contributed by atoms with E-state index >= 15 is 0 Å². The van der Waals surface area contributed by atoms with E-state index in [1.165, 1.54) is 29.5 Å². The molecule has 2 aromatic rings. The number of thioether (sulfide) groups is 2. The van der Waals surface area contributed by atoms with Crippen molar-refractivity contribution in [3.63, 3.8) is 0 Å². The van der Waals surface area contributed by atoms with Crippen LogP contribution in [0.3, 0.4) is 0 Å². The molecule has 0 aliphatic carbocycles. The normalized spacial score (nSPS) is 14.8. The van der Waals surface area contributed by atoms with Crippen molar-refractivity contribution in [2.24, 2.45) is 0 Å². The van der Waals surface area contributed by atoms with Gasteiger partial charge in [0, 0.05) is 9.99 Å². The number of benzene rings is 2. The molecule has 1 aliphatic heterocycles. The monoisotopic (exact) mass is 447 g/mol. The summed E-state index contributed by atoms with van der Waals surface area (Å²) in [5.41, 5.74) is 5.00. The Balaban J connectivity index is 1.76. The molecule has 1 heterocycles. The number of carbonyl (C=O) groups is 1. The van der Waals surface area contributed by atoms with E-state index in [9.17, 15) is 9.18 Å². The molecular weight excluding hydrogens is 425 g/mol. The van der Waals surface area contributed by atoms with E-state index in [-0.39, 0.29) is 11.7 Å². The number of carbonyl (C=O) groups excluding carboxylic acids is 1. The van der Waals surface area contributed by atoms with Crippen LogP contribution in [0.15, 0.2) is 62.8 Å². The van der Waals surface area contributed by atoms with Gasteiger partial charge >= 0.3 is 0 Å². The molecule has 0 bridgehead atoms. The number of allylic oxidation sites excluding steroid dienone is 2. The van der Waals surface area contributed by atoms with Crippen LogP contribution >= 0.6 is 35.1 Å². The number of amides is 1. The number of hydrogen-bond acceptors (Lipinski definition) is 3. The Morgan fingerprint density at radius 2 is 1.79 bits per heavy atom. The minimum absolute atomic E-state index is 0.127. The average Bonchev–Trinajstić information content (AvgIpc) is 2.83. The molecule has 6 heteroatoms. The number of halogens is 2. The van der Waals surface area contributed by atoms with Crippen LogP contribution in [0.25, 0.3) is 0 Å². The summed E-state index contributed by atoms with van der Waals surface area (Å²) in [6.07, 6.45) is 1.77. The highest BCUT2D eigenvalue weighted by Crippen LogP contribution is 2.44. The number of nitrogens with one attached hydrogen (secondary N) is 1. The lowest BCUT2D eigenvalue weighted by atomic mass is 10.1. The molecule has 1 N–H and O–H groups in total. The zero-order valence-electron chi connectivity index (χ0n) is 16.6. The lowest BCUT2D eigenvalue weighted by molar-refractivity contribution is -0.112. The topological polar surface area (TPSA) is 29.1 Å². The van der Waals surface area contributed by atoms with Gasteiger partial charge in [-0.1, -0.05) is 58.8 Å². The smallest absolute Gasteiger partial charge is 0.262 e. The molecule has 0 spiro atoms. The predicted molar refractivity (Wildman–Crippen MR) is 125 cm³/mol. The van der Waals surface area contributed by atoms with E-state index < -0.39 is 0 Å². The molecule has 29 heavy (non-hydrogen) atoms. The van der Waals surface area contributed by atoms with Crippen molar-refractivity contribution in [2.45, 2.75) is 39.4 Å². The molecule has 3 rings (SSSR count). The second-order valence-electron chi connectivity index (χ2n) is 7.08. The van der Waals surface area contributed by atoms with E-state index in [1.54, 1.807) is 30.0 Å². The summed E-state index contributed by atoms with van der Waals surface area (Å²) in [6, 6.07) is 12.1. The van der Waals surface area contributed by atoms with Crippen LogP contribution in [0.1, 0.15) is 37.8 Å². The van der Waals surface area contributed by atoms with Crippen molar-refractivity contribution in [3.05, 3.63) is 84.7 Å². The zero-order valence-corrected chi connectivity index (χ0v) is 19.0. The first-order chi connectivity index (χ1) is 13.8. The Kier molecular flexibility index (Phi) is 7.49. The van der Waals surface area contributed by atoms with Crippen molar-refractivity contribution in [1.82, 2.24) is 0 Å². The molecule has 2 aromatic carbocycles. The standard InChI is InChI=1S/C23H23ClFNOS2/c1-14-5-4-6-19(24)20(14)26-22(27)21-15(2)7-8-16(3)23(29-21)28-13-17-9-11-18(25)12-10-17/h4-6,9-12H,7-8,13H2,1-3H3,(H,26,27). The Bertz CT molecular complexity index is 963. The predicted octanol–water partition coefficient (Wildman–Crippen LogP) is 7.69. The first-order valence-electron chi connectivity index (χ1n) is 9.36. The zero-order chi connectivity index (χ0) is 21.0. The SMILES string of the molecule is CC1=C(SCc2ccc(F)cc2)SC(C(=O)Nc2c(C)cccc2Cl)=C(C)CC1. The second kappa shape index (κ2) is 9.88. The summed E-state index contributed by atoms with van der Waals surface area (Å²) in [6.45, 7) is 6.06. The van der Waals surface area contributed by atoms with Crippen molar-refractivity contribution in [2.75, 3.05) is 5.32 Å². The minimum atomic E-state index is -0.231. The molecule has 0 saturated heterocycles. The summed E-state index contributed by atoms with van der Waals surface area (Å²) in [4.78, 5) is 13.8. The van der Waals surface area contributed by atoms with Crippen molar-refractivity contribution >= 4 is 46.7 Å². The van der Waals surface area contributed by atoms with Crippen molar-refractivity contribution < 1.29 is 9.18 Å². The molecule has 0 unspecified atom stereocenters. The fraction of sp³-hybridized carbons (Fsp3) is 0.261. The number of aryl methyl sites for hydroxylation is 1. The maximum atomic E-state index is 13.1. The summed E-state index contributed by atoms with van der Waals surface area (Å²) < 4.78 is 14.3. The number of hydrogen-bond donors (Lipinski definition) is 1. The number of anilines is 1. The van der Waals surface area contributed by atoms with Gasteiger partial charge < -0.3 is 5.32 Å². The first-order valence-corrected chi connectivity index (χ1v) is 11.5. The molecule has 0 fully saturated rings. The van der Waals surface area contributed by atoms with Gasteiger partial charge in [0.15, 0.2) is 0 Å². The van der Waals surface area contributed by atoms with Gasteiger partial charge in [0.05, 0.1) is 15.6 Å². The second-order valence-corrected chi connectivity index (χ2v) is 9.75. The van der Waals surface area contributed by atoms with Crippen LogP contribution in [-0.2, 0) is 10.5 Å². The van der Waals surface area contributed by atoms with Gasteiger partial charge in [0.25, 0.3) is 5.91 Å². The first kappa shape index (κ1) is 22.0. The molecule has 1 amide bonds. The molecule has 0 atom stereocenters. The van der Waals surface area contributed by atoms with Crippen molar-refractivity contribution in [3.8, 4) is 0 Å². The van der Waals surface area contributed by atoms with Gasteiger partial charge in [-0.3, -0.25) is 4.79 Å². The number of rotatable bonds is 5. The molecule has 0 saturated carbocycles. The van der Waals surface area contributed by atoms with E-state index in [2.05, 4.69) is 12.2 Å². The average molecular weight is 448 g/mol.